The van der Waals surface area contributed by atoms with E-state index in [0.29, 0.717) is 0 Å². The molecule has 10 heavy (non-hydrogen) atoms. The van der Waals surface area contributed by atoms with Crippen LogP contribution in [0.25, 0.3) is 0 Å². The number of carboxylic acid groups (broad SMARTS) is 1. The molecule has 3 heteroatoms. The Kier molecular flexibility index (Phi) is 2.27. The molecule has 2 N–H and O–H groups in total. The van der Waals surface area contributed by atoms with E-state index < -0.39 is 5.97 Å². The summed E-state index contributed by atoms with van der Waals surface area (Å²) in [6.45, 7) is 2.73. The van der Waals surface area contributed by atoms with Gasteiger partial charge in [-0.2, -0.15) is 0 Å². The molecule has 1 fully saturated rings. The number of hydrogen-bond acceptors (Lipinski definition) is 2. The van der Waals surface area contributed by atoms with Crippen LogP contribution in [0.15, 0.2) is 0 Å². The van der Waals surface area contributed by atoms with Gasteiger partial charge in [-0.05, 0) is 19.4 Å². The van der Waals surface area contributed by atoms with Gasteiger partial charge in [-0.1, -0.05) is 6.92 Å². The molecule has 0 aromatic heterocycles. The maximum atomic E-state index is 10.4. The van der Waals surface area contributed by atoms with Crippen LogP contribution in [0.4, 0.5) is 0 Å². The van der Waals surface area contributed by atoms with Crippen LogP contribution in [0.5, 0.6) is 0 Å². The first-order chi connectivity index (χ1) is 4.72. The minimum atomic E-state index is -0.695. The van der Waals surface area contributed by atoms with Crippen molar-refractivity contribution in [2.24, 2.45) is 5.92 Å². The summed E-state index contributed by atoms with van der Waals surface area (Å²) in [7, 11) is 0. The quantitative estimate of drug-likeness (QED) is 0.590. The minimum Gasteiger partial charge on any atom is -0.481 e. The number of hydrogen-bond donors (Lipinski definition) is 2. The van der Waals surface area contributed by atoms with Crippen LogP contribution in [0.2, 0.25) is 0 Å². The van der Waals surface area contributed by atoms with E-state index in [1.807, 2.05) is 0 Å². The smallest absolute Gasteiger partial charge is 0.307 e. The molecular formula is C7H13NO2. The lowest BCUT2D eigenvalue weighted by atomic mass is 10.0. The molecular weight excluding hydrogens is 130 g/mol. The van der Waals surface area contributed by atoms with Gasteiger partial charge in [-0.3, -0.25) is 4.79 Å². The Balaban J connectivity index is 2.39. The predicted molar refractivity (Wildman–Crippen MR) is 37.8 cm³/mol. The second-order valence-corrected chi connectivity index (χ2v) is 2.83. The van der Waals surface area contributed by atoms with Gasteiger partial charge >= 0.3 is 5.97 Å². The summed E-state index contributed by atoms with van der Waals surface area (Å²) < 4.78 is 0. The molecule has 0 aromatic carbocycles. The number of rotatable bonds is 2. The van der Waals surface area contributed by atoms with Gasteiger partial charge in [0.05, 0.1) is 5.92 Å². The van der Waals surface area contributed by atoms with E-state index in [4.69, 9.17) is 5.11 Å². The van der Waals surface area contributed by atoms with E-state index >= 15 is 0 Å². The van der Waals surface area contributed by atoms with Crippen molar-refractivity contribution in [1.29, 1.82) is 0 Å². The Morgan fingerprint density at radius 3 is 2.90 bits per heavy atom. The molecule has 1 saturated heterocycles. The van der Waals surface area contributed by atoms with Crippen LogP contribution in [0, 0.1) is 5.92 Å². The average molecular weight is 143 g/mol. The molecule has 1 aliphatic rings. The Morgan fingerprint density at radius 1 is 1.80 bits per heavy atom. The third kappa shape index (κ3) is 1.48. The third-order valence-corrected chi connectivity index (χ3v) is 2.09. The van der Waals surface area contributed by atoms with Gasteiger partial charge in [0, 0.05) is 6.04 Å². The van der Waals surface area contributed by atoms with Gasteiger partial charge in [0.2, 0.25) is 0 Å². The summed E-state index contributed by atoms with van der Waals surface area (Å²) in [5, 5.41) is 11.8. The molecule has 1 aliphatic heterocycles. The van der Waals surface area contributed by atoms with E-state index in [1.54, 1.807) is 6.92 Å². The van der Waals surface area contributed by atoms with Crippen LogP contribution in [0.3, 0.4) is 0 Å². The zero-order valence-electron chi connectivity index (χ0n) is 6.13. The van der Waals surface area contributed by atoms with Gasteiger partial charge in [0.15, 0.2) is 0 Å². The summed E-state index contributed by atoms with van der Waals surface area (Å²) in [4.78, 5) is 10.4. The zero-order valence-corrected chi connectivity index (χ0v) is 6.13. The molecule has 2 atom stereocenters. The van der Waals surface area contributed by atoms with Crippen molar-refractivity contribution in [2.45, 2.75) is 25.8 Å². The van der Waals surface area contributed by atoms with Crippen LogP contribution in [0.1, 0.15) is 19.8 Å². The number of carbonyl (C=O) groups is 1. The zero-order chi connectivity index (χ0) is 7.56. The van der Waals surface area contributed by atoms with Crippen LogP contribution < -0.4 is 5.32 Å². The maximum Gasteiger partial charge on any atom is 0.307 e. The van der Waals surface area contributed by atoms with Gasteiger partial charge in [-0.15, -0.1) is 0 Å². The van der Waals surface area contributed by atoms with E-state index in [0.717, 1.165) is 19.4 Å². The lowest BCUT2D eigenvalue weighted by Gasteiger charge is -2.13. The third-order valence-electron chi connectivity index (χ3n) is 2.09. The summed E-state index contributed by atoms with van der Waals surface area (Å²) in [6.07, 6.45) is 2.12. The Morgan fingerprint density at radius 2 is 2.50 bits per heavy atom. The molecule has 0 aromatic rings. The molecule has 0 amide bonds. The predicted octanol–water partition coefficient (Wildman–Crippen LogP) is 0.459. The largest absolute Gasteiger partial charge is 0.481 e. The van der Waals surface area contributed by atoms with Crippen molar-refractivity contribution in [3.8, 4) is 0 Å². The first-order valence-corrected chi connectivity index (χ1v) is 3.68. The molecule has 58 valence electrons. The first kappa shape index (κ1) is 7.54. The summed E-state index contributed by atoms with van der Waals surface area (Å²) in [6, 6.07) is 0.206. The molecule has 0 saturated carbocycles. The fourth-order valence-corrected chi connectivity index (χ4v) is 1.31. The number of aliphatic carboxylic acids is 1. The second-order valence-electron chi connectivity index (χ2n) is 2.83. The molecule has 1 rings (SSSR count). The fourth-order valence-electron chi connectivity index (χ4n) is 1.31. The summed E-state index contributed by atoms with van der Waals surface area (Å²) in [5.74, 6) is -0.929. The van der Waals surface area contributed by atoms with Crippen molar-refractivity contribution < 1.29 is 9.90 Å². The van der Waals surface area contributed by atoms with Gasteiger partial charge < -0.3 is 10.4 Å². The molecule has 1 heterocycles. The number of nitrogens with one attached hydrogen (secondary N) is 1. The summed E-state index contributed by atoms with van der Waals surface area (Å²) in [5.41, 5.74) is 0. The molecule has 0 radical (unpaired) electrons. The van der Waals surface area contributed by atoms with E-state index in [1.165, 1.54) is 0 Å². The topological polar surface area (TPSA) is 49.3 Å². The van der Waals surface area contributed by atoms with Crippen molar-refractivity contribution >= 4 is 5.97 Å². The Hall–Kier alpha value is -0.570. The molecule has 3 nitrogen and oxygen atoms in total. The fraction of sp³-hybridized carbons (Fsp3) is 0.857. The van der Waals surface area contributed by atoms with Crippen molar-refractivity contribution in [1.82, 2.24) is 5.32 Å². The van der Waals surface area contributed by atoms with Crippen molar-refractivity contribution in [3.63, 3.8) is 0 Å². The summed E-state index contributed by atoms with van der Waals surface area (Å²) >= 11 is 0. The Labute approximate surface area is 60.4 Å². The van der Waals surface area contributed by atoms with Crippen LogP contribution >= 0.6 is 0 Å². The molecule has 0 bridgehead atoms. The van der Waals surface area contributed by atoms with Gasteiger partial charge in [-0.25, -0.2) is 0 Å². The van der Waals surface area contributed by atoms with Crippen LogP contribution in [-0.2, 0) is 4.79 Å². The van der Waals surface area contributed by atoms with E-state index in [2.05, 4.69) is 5.32 Å². The highest BCUT2D eigenvalue weighted by Crippen LogP contribution is 2.13. The average Bonchev–Trinajstić information content (AvgIpc) is 2.36. The highest BCUT2D eigenvalue weighted by atomic mass is 16.4. The van der Waals surface area contributed by atoms with Gasteiger partial charge in [0.1, 0.15) is 0 Å². The molecule has 0 spiro atoms. The van der Waals surface area contributed by atoms with E-state index in [-0.39, 0.29) is 12.0 Å². The standard InChI is InChI=1S/C7H13NO2/c1-5(7(9)10)6-3-2-4-8-6/h5-6,8H,2-4H2,1H3,(H,9,10)/t5-,6-/m0/s1. The minimum absolute atomic E-state index is 0.206. The number of carboxylic acids is 1. The SMILES string of the molecule is C[C@H](C(=O)O)[C@@H]1CCCN1. The van der Waals surface area contributed by atoms with Crippen LogP contribution in [-0.4, -0.2) is 23.7 Å². The van der Waals surface area contributed by atoms with E-state index in [9.17, 15) is 4.79 Å². The highest BCUT2D eigenvalue weighted by molar-refractivity contribution is 5.70. The van der Waals surface area contributed by atoms with Crippen molar-refractivity contribution in [3.05, 3.63) is 0 Å². The highest BCUT2D eigenvalue weighted by Gasteiger charge is 2.25. The Bertz CT molecular complexity index is 130. The lowest BCUT2D eigenvalue weighted by Crippen LogP contribution is -2.33. The maximum absolute atomic E-state index is 10.4. The van der Waals surface area contributed by atoms with Gasteiger partial charge in [0.25, 0.3) is 0 Å². The normalized spacial score (nSPS) is 28.3. The second kappa shape index (κ2) is 3.01. The lowest BCUT2D eigenvalue weighted by molar-refractivity contribution is -0.141. The first-order valence-electron chi connectivity index (χ1n) is 3.68. The monoisotopic (exact) mass is 143 g/mol. The molecule has 0 aliphatic carbocycles. The van der Waals surface area contributed by atoms with Crippen molar-refractivity contribution in [2.75, 3.05) is 6.54 Å². The molecule has 0 unspecified atom stereocenters.